The molecule has 2 aromatic rings. The molecule has 4 nitrogen and oxygen atoms in total. The van der Waals surface area contributed by atoms with E-state index in [1.165, 1.54) is 6.20 Å². The molecule has 1 aromatic carbocycles. The van der Waals surface area contributed by atoms with Gasteiger partial charge in [-0.05, 0) is 18.2 Å². The van der Waals surface area contributed by atoms with E-state index in [0.29, 0.717) is 11.2 Å². The Morgan fingerprint density at radius 3 is 2.80 bits per heavy atom. The molecule has 0 aliphatic rings. The average molecular weight is 203 g/mol. The van der Waals surface area contributed by atoms with Gasteiger partial charge in [0.15, 0.2) is 0 Å². The van der Waals surface area contributed by atoms with Crippen molar-refractivity contribution in [1.29, 1.82) is 0 Å². The van der Waals surface area contributed by atoms with Gasteiger partial charge < -0.3 is 14.8 Å². The van der Waals surface area contributed by atoms with Crippen LogP contribution < -0.4 is 10.2 Å². The molecule has 0 saturated heterocycles. The Morgan fingerprint density at radius 2 is 2.13 bits per heavy atom. The third-order valence-electron chi connectivity index (χ3n) is 2.22. The van der Waals surface area contributed by atoms with E-state index in [4.69, 9.17) is 14.8 Å². The van der Waals surface area contributed by atoms with Crippen LogP contribution in [0, 0.1) is 0 Å². The van der Waals surface area contributed by atoms with E-state index in [9.17, 15) is 0 Å². The van der Waals surface area contributed by atoms with E-state index in [1.807, 2.05) is 12.1 Å². The van der Waals surface area contributed by atoms with E-state index in [1.54, 1.807) is 19.2 Å². The summed E-state index contributed by atoms with van der Waals surface area (Å²) in [5.41, 5.74) is 1.12. The summed E-state index contributed by atoms with van der Waals surface area (Å²) in [4.78, 5) is 4.11. The predicted molar refractivity (Wildman–Crippen MR) is 58.1 cm³/mol. The van der Waals surface area contributed by atoms with E-state index < -0.39 is 7.12 Å². The van der Waals surface area contributed by atoms with Crippen LogP contribution in [0.4, 0.5) is 0 Å². The summed E-state index contributed by atoms with van der Waals surface area (Å²) in [5, 5.41) is 18.8. The molecule has 0 spiro atoms. The van der Waals surface area contributed by atoms with Crippen molar-refractivity contribution in [3.8, 4) is 5.75 Å². The molecule has 0 fully saturated rings. The second-order valence-corrected chi connectivity index (χ2v) is 3.17. The van der Waals surface area contributed by atoms with Gasteiger partial charge in [-0.2, -0.15) is 0 Å². The lowest BCUT2D eigenvalue weighted by Crippen LogP contribution is -2.30. The lowest BCUT2D eigenvalue weighted by atomic mass is 9.81. The maximum Gasteiger partial charge on any atom is 0.490 e. The number of aromatic nitrogens is 1. The van der Waals surface area contributed by atoms with Crippen molar-refractivity contribution < 1.29 is 14.8 Å². The van der Waals surface area contributed by atoms with Crippen molar-refractivity contribution >= 4 is 23.5 Å². The molecular weight excluding hydrogens is 193 g/mol. The molecule has 0 aliphatic heterocycles. The molecule has 1 aromatic heterocycles. The minimum atomic E-state index is -1.51. The molecule has 0 radical (unpaired) electrons. The van der Waals surface area contributed by atoms with Gasteiger partial charge in [0.25, 0.3) is 0 Å². The fraction of sp³-hybridized carbons (Fsp3) is 0.100. The Bertz CT molecular complexity index is 487. The van der Waals surface area contributed by atoms with E-state index in [2.05, 4.69) is 4.98 Å². The summed E-state index contributed by atoms with van der Waals surface area (Å²) < 4.78 is 5.16. The highest BCUT2D eigenvalue weighted by molar-refractivity contribution is 6.58. The number of methoxy groups -OCH3 is 1. The minimum Gasteiger partial charge on any atom is -0.496 e. The highest BCUT2D eigenvalue weighted by atomic mass is 16.5. The van der Waals surface area contributed by atoms with Crippen LogP contribution in [0.2, 0.25) is 0 Å². The third-order valence-corrected chi connectivity index (χ3v) is 2.22. The first-order valence-corrected chi connectivity index (χ1v) is 4.51. The third kappa shape index (κ3) is 1.79. The van der Waals surface area contributed by atoms with Crippen molar-refractivity contribution in [1.82, 2.24) is 4.98 Å². The predicted octanol–water partition coefficient (Wildman–Crippen LogP) is -0.0768. The second-order valence-electron chi connectivity index (χ2n) is 3.17. The molecule has 0 amide bonds. The second kappa shape index (κ2) is 3.88. The normalized spacial score (nSPS) is 10.3. The number of ether oxygens (including phenoxy) is 1. The summed E-state index contributed by atoms with van der Waals surface area (Å²) in [6.07, 6.45) is 1.44. The largest absolute Gasteiger partial charge is 0.496 e. The zero-order valence-corrected chi connectivity index (χ0v) is 8.21. The molecule has 2 rings (SSSR count). The van der Waals surface area contributed by atoms with Gasteiger partial charge >= 0.3 is 7.12 Å². The van der Waals surface area contributed by atoms with Gasteiger partial charge in [0.2, 0.25) is 0 Å². The SMILES string of the molecule is COc1cccc2ncc(B(O)O)cc12. The monoisotopic (exact) mass is 203 g/mol. The minimum absolute atomic E-state index is 0.354. The summed E-state index contributed by atoms with van der Waals surface area (Å²) in [6, 6.07) is 7.14. The molecule has 0 bridgehead atoms. The van der Waals surface area contributed by atoms with Gasteiger partial charge in [0, 0.05) is 17.0 Å². The van der Waals surface area contributed by atoms with Gasteiger partial charge in [-0.1, -0.05) is 6.07 Å². The first-order chi connectivity index (χ1) is 7.22. The van der Waals surface area contributed by atoms with Gasteiger partial charge in [0.1, 0.15) is 5.75 Å². The van der Waals surface area contributed by atoms with Crippen LogP contribution in [0.25, 0.3) is 10.9 Å². The smallest absolute Gasteiger partial charge is 0.490 e. The first kappa shape index (κ1) is 9.95. The van der Waals surface area contributed by atoms with E-state index in [-0.39, 0.29) is 0 Å². The highest BCUT2D eigenvalue weighted by Crippen LogP contribution is 2.22. The van der Waals surface area contributed by atoms with Crippen molar-refractivity contribution in [2.45, 2.75) is 0 Å². The fourth-order valence-corrected chi connectivity index (χ4v) is 1.46. The molecule has 0 saturated carbocycles. The first-order valence-electron chi connectivity index (χ1n) is 4.51. The quantitative estimate of drug-likeness (QED) is 0.670. The summed E-state index contributed by atoms with van der Waals surface area (Å²) in [6.45, 7) is 0. The van der Waals surface area contributed by atoms with Crippen LogP contribution in [-0.4, -0.2) is 29.3 Å². The molecule has 5 heteroatoms. The Kier molecular flexibility index (Phi) is 2.57. The van der Waals surface area contributed by atoms with Crippen molar-refractivity contribution in [2.75, 3.05) is 7.11 Å². The van der Waals surface area contributed by atoms with Crippen LogP contribution in [-0.2, 0) is 0 Å². The zero-order chi connectivity index (χ0) is 10.8. The standard InChI is InChI=1S/C10H10BNO3/c1-15-10-4-2-3-9-8(10)5-7(6-12-9)11(13)14/h2-6,13-14H,1H3. The molecule has 0 unspecified atom stereocenters. The molecule has 2 N–H and O–H groups in total. The summed E-state index contributed by atoms with van der Waals surface area (Å²) in [7, 11) is 0.0587. The number of benzene rings is 1. The summed E-state index contributed by atoms with van der Waals surface area (Å²) >= 11 is 0. The van der Waals surface area contributed by atoms with Crippen LogP contribution >= 0.6 is 0 Å². The van der Waals surface area contributed by atoms with Gasteiger partial charge in [0.05, 0.1) is 12.6 Å². The maximum absolute atomic E-state index is 9.02. The van der Waals surface area contributed by atoms with Crippen LogP contribution in [0.1, 0.15) is 0 Å². The van der Waals surface area contributed by atoms with Gasteiger partial charge in [-0.25, -0.2) is 0 Å². The van der Waals surface area contributed by atoms with Crippen LogP contribution in [0.15, 0.2) is 30.5 Å². The Labute approximate surface area is 87.3 Å². The van der Waals surface area contributed by atoms with E-state index in [0.717, 1.165) is 10.9 Å². The fourth-order valence-electron chi connectivity index (χ4n) is 1.46. The molecule has 15 heavy (non-hydrogen) atoms. The molecule has 0 atom stereocenters. The molecule has 1 heterocycles. The van der Waals surface area contributed by atoms with Crippen LogP contribution in [0.5, 0.6) is 5.75 Å². The van der Waals surface area contributed by atoms with Gasteiger partial charge in [-0.15, -0.1) is 0 Å². The van der Waals surface area contributed by atoms with Crippen molar-refractivity contribution in [2.24, 2.45) is 0 Å². The Hall–Kier alpha value is -1.59. The molecular formula is C10H10BNO3. The number of rotatable bonds is 2. The maximum atomic E-state index is 9.02. The molecule has 76 valence electrons. The Morgan fingerprint density at radius 1 is 1.33 bits per heavy atom. The number of hydrogen-bond donors (Lipinski definition) is 2. The van der Waals surface area contributed by atoms with Crippen molar-refractivity contribution in [3.05, 3.63) is 30.5 Å². The highest BCUT2D eigenvalue weighted by Gasteiger charge is 2.13. The van der Waals surface area contributed by atoms with E-state index >= 15 is 0 Å². The lowest BCUT2D eigenvalue weighted by Gasteiger charge is -2.06. The number of hydrogen-bond acceptors (Lipinski definition) is 4. The molecule has 0 aliphatic carbocycles. The lowest BCUT2D eigenvalue weighted by molar-refractivity contribution is 0.419. The van der Waals surface area contributed by atoms with Crippen LogP contribution in [0.3, 0.4) is 0 Å². The average Bonchev–Trinajstić information content (AvgIpc) is 2.27. The number of fused-ring (bicyclic) bond motifs is 1. The summed E-state index contributed by atoms with van der Waals surface area (Å²) in [5.74, 6) is 0.669. The topological polar surface area (TPSA) is 62.6 Å². The zero-order valence-electron chi connectivity index (χ0n) is 8.21. The van der Waals surface area contributed by atoms with Crippen molar-refractivity contribution in [3.63, 3.8) is 0 Å². The van der Waals surface area contributed by atoms with Gasteiger partial charge in [-0.3, -0.25) is 4.98 Å². The Balaban J connectivity index is 2.67. The number of pyridine rings is 1. The number of nitrogens with zero attached hydrogens (tertiary/aromatic N) is 1.